The molecule has 4 aliphatic rings. The summed E-state index contributed by atoms with van der Waals surface area (Å²) < 4.78 is 64.2. The van der Waals surface area contributed by atoms with Crippen LogP contribution in [0, 0.1) is 5.92 Å². The molecule has 1 saturated heterocycles. The van der Waals surface area contributed by atoms with Gasteiger partial charge in [0, 0.05) is 28.1 Å². The van der Waals surface area contributed by atoms with E-state index in [0.717, 1.165) is 0 Å². The van der Waals surface area contributed by atoms with E-state index < -0.39 is 73.8 Å². The third kappa shape index (κ3) is 7.00. The highest BCUT2D eigenvalue weighted by Gasteiger charge is 2.62. The SMILES string of the molecule is C=C[C@@H]1C[C@]1(NC(=O)[C@@H]1C[C@@H](Oc2ncc(OC)c3cc(Cl)ccc23)CN1C(=O)C(C)NC1=NS(=O)N=C1OCC)C(=O)NS(=O)(=O)C1CC1. The summed E-state index contributed by atoms with van der Waals surface area (Å²) in [6.45, 7) is 7.15. The zero-order valence-electron chi connectivity index (χ0n) is 27.4. The maximum absolute atomic E-state index is 14.1. The number of halogens is 1. The fourth-order valence-corrected chi connectivity index (χ4v) is 8.20. The molecule has 6 atom stereocenters. The Morgan fingerprint density at radius 1 is 1.24 bits per heavy atom. The van der Waals surface area contributed by atoms with E-state index in [9.17, 15) is 27.0 Å². The molecule has 6 rings (SSSR count). The number of hydrogen-bond acceptors (Lipinski definition) is 11. The second-order valence-corrected chi connectivity index (χ2v) is 15.6. The van der Waals surface area contributed by atoms with Crippen LogP contribution in [0.15, 0.2) is 45.8 Å². The number of ether oxygens (including phenoxy) is 3. The zero-order chi connectivity index (χ0) is 36.0. The summed E-state index contributed by atoms with van der Waals surface area (Å²) >= 11 is 4.31. The van der Waals surface area contributed by atoms with Crippen molar-refractivity contribution in [2.75, 3.05) is 20.3 Å². The molecular formula is C31H36ClN7O9S2. The number of methoxy groups -OCH3 is 1. The van der Waals surface area contributed by atoms with Crippen molar-refractivity contribution in [3.05, 3.63) is 42.1 Å². The number of aromatic nitrogens is 1. The Morgan fingerprint density at radius 3 is 2.66 bits per heavy atom. The summed E-state index contributed by atoms with van der Waals surface area (Å²) in [7, 11) is -2.40. The highest BCUT2D eigenvalue weighted by molar-refractivity contribution is 7.91. The van der Waals surface area contributed by atoms with Crippen LogP contribution in [0.4, 0.5) is 0 Å². The van der Waals surface area contributed by atoms with Gasteiger partial charge in [-0.15, -0.1) is 15.4 Å². The maximum atomic E-state index is 14.1. The van der Waals surface area contributed by atoms with E-state index in [0.29, 0.717) is 34.4 Å². The predicted molar refractivity (Wildman–Crippen MR) is 184 cm³/mol. The molecule has 3 N–H and O–H groups in total. The normalized spacial score (nSPS) is 26.4. The lowest BCUT2D eigenvalue weighted by Crippen LogP contribution is -2.58. The molecule has 3 amide bonds. The first kappa shape index (κ1) is 35.5. The number of rotatable bonds is 12. The lowest BCUT2D eigenvalue weighted by Gasteiger charge is -2.28. The van der Waals surface area contributed by atoms with Gasteiger partial charge in [-0.25, -0.2) is 17.6 Å². The topological polar surface area (TPSA) is 207 Å². The van der Waals surface area contributed by atoms with Crippen molar-refractivity contribution < 1.29 is 41.2 Å². The summed E-state index contributed by atoms with van der Waals surface area (Å²) in [6.07, 6.45) is 3.25. The zero-order valence-corrected chi connectivity index (χ0v) is 29.8. The van der Waals surface area contributed by atoms with E-state index in [1.54, 1.807) is 25.1 Å². The molecule has 1 aromatic carbocycles. The van der Waals surface area contributed by atoms with E-state index in [1.165, 1.54) is 31.2 Å². The van der Waals surface area contributed by atoms with Gasteiger partial charge < -0.3 is 29.7 Å². The van der Waals surface area contributed by atoms with E-state index in [4.69, 9.17) is 25.8 Å². The maximum Gasteiger partial charge on any atom is 0.271 e. The van der Waals surface area contributed by atoms with Gasteiger partial charge in [0.25, 0.3) is 23.0 Å². The quantitative estimate of drug-likeness (QED) is 0.264. The number of nitrogens with one attached hydrogen (secondary N) is 3. The van der Waals surface area contributed by atoms with Crippen LogP contribution in [0.3, 0.4) is 0 Å². The Kier molecular flexibility index (Phi) is 9.80. The first-order valence-electron chi connectivity index (χ1n) is 15.9. The van der Waals surface area contributed by atoms with Crippen molar-refractivity contribution in [1.29, 1.82) is 0 Å². The van der Waals surface area contributed by atoms with Crippen LogP contribution in [0.25, 0.3) is 10.8 Å². The number of pyridine rings is 1. The second-order valence-electron chi connectivity index (χ2n) is 12.4. The third-order valence-electron chi connectivity index (χ3n) is 8.91. The van der Waals surface area contributed by atoms with Crippen LogP contribution >= 0.6 is 11.6 Å². The fraction of sp³-hybridized carbons (Fsp3) is 0.484. The number of fused-ring (bicyclic) bond motifs is 1. The molecule has 2 aromatic rings. The van der Waals surface area contributed by atoms with Crippen molar-refractivity contribution in [2.24, 2.45) is 14.7 Å². The van der Waals surface area contributed by atoms with Gasteiger partial charge in [-0.2, -0.15) is 0 Å². The lowest BCUT2D eigenvalue weighted by molar-refractivity contribution is -0.140. The summed E-state index contributed by atoms with van der Waals surface area (Å²) in [5.74, 6) is -1.92. The minimum atomic E-state index is -3.90. The predicted octanol–water partition coefficient (Wildman–Crippen LogP) is 1.32. The molecule has 3 fully saturated rings. The van der Waals surface area contributed by atoms with Crippen molar-refractivity contribution in [1.82, 2.24) is 25.2 Å². The van der Waals surface area contributed by atoms with Gasteiger partial charge >= 0.3 is 0 Å². The Labute approximate surface area is 295 Å². The number of sulfonamides is 1. The summed E-state index contributed by atoms with van der Waals surface area (Å²) in [5, 5.41) is 6.68. The summed E-state index contributed by atoms with van der Waals surface area (Å²) in [4.78, 5) is 47.2. The molecule has 2 aliphatic carbocycles. The first-order valence-corrected chi connectivity index (χ1v) is 18.9. The molecule has 50 heavy (non-hydrogen) atoms. The smallest absolute Gasteiger partial charge is 0.271 e. The summed E-state index contributed by atoms with van der Waals surface area (Å²) in [5.41, 5.74) is -1.56. The van der Waals surface area contributed by atoms with Crippen LogP contribution in [0.1, 0.15) is 39.5 Å². The average molecular weight is 750 g/mol. The molecular weight excluding hydrogens is 714 g/mol. The average Bonchev–Trinajstić information content (AvgIpc) is 3.98. The van der Waals surface area contributed by atoms with E-state index in [2.05, 4.69) is 35.7 Å². The Bertz CT molecular complexity index is 1950. The monoisotopic (exact) mass is 749 g/mol. The molecule has 2 saturated carbocycles. The van der Waals surface area contributed by atoms with Gasteiger partial charge in [-0.3, -0.25) is 19.1 Å². The van der Waals surface area contributed by atoms with Crippen LogP contribution in [0.2, 0.25) is 5.02 Å². The molecule has 0 bridgehead atoms. The third-order valence-corrected chi connectivity index (χ3v) is 11.6. The van der Waals surface area contributed by atoms with Crippen molar-refractivity contribution >= 4 is 73.0 Å². The number of carbonyl (C=O) groups excluding carboxylic acids is 3. The molecule has 16 nitrogen and oxygen atoms in total. The van der Waals surface area contributed by atoms with Crippen molar-refractivity contribution in [3.63, 3.8) is 0 Å². The highest BCUT2D eigenvalue weighted by atomic mass is 35.5. The van der Waals surface area contributed by atoms with Crippen molar-refractivity contribution in [2.45, 2.75) is 68.5 Å². The molecule has 0 radical (unpaired) electrons. The Hall–Kier alpha value is -4.29. The molecule has 3 heterocycles. The first-order chi connectivity index (χ1) is 23.8. The number of hydrogen-bond donors (Lipinski definition) is 3. The van der Waals surface area contributed by atoms with Gasteiger partial charge in [-0.1, -0.05) is 17.7 Å². The number of carbonyl (C=O) groups is 3. The molecule has 1 aromatic heterocycles. The van der Waals surface area contributed by atoms with Gasteiger partial charge in [0.1, 0.15) is 29.5 Å². The molecule has 268 valence electrons. The number of likely N-dealkylation sites (tertiary alicyclic amines) is 1. The number of amides is 3. The van der Waals surface area contributed by atoms with Gasteiger partial charge in [0.05, 0.1) is 31.7 Å². The van der Waals surface area contributed by atoms with Crippen LogP contribution in [-0.2, 0) is 40.3 Å². The Morgan fingerprint density at radius 2 is 2.00 bits per heavy atom. The van der Waals surface area contributed by atoms with Crippen LogP contribution in [0.5, 0.6) is 11.6 Å². The van der Waals surface area contributed by atoms with E-state index >= 15 is 0 Å². The molecule has 19 heteroatoms. The van der Waals surface area contributed by atoms with Gasteiger partial charge in [0.15, 0.2) is 0 Å². The number of amidine groups is 1. The highest BCUT2D eigenvalue weighted by Crippen LogP contribution is 2.45. The van der Waals surface area contributed by atoms with E-state index in [1.807, 2.05) is 0 Å². The van der Waals surface area contributed by atoms with Gasteiger partial charge in [0.2, 0.25) is 33.6 Å². The molecule has 2 aliphatic heterocycles. The van der Waals surface area contributed by atoms with E-state index in [-0.39, 0.29) is 43.6 Å². The standard InChI is InChI=1S/C31H36ClN7O9S2/c1-5-17-13-31(17,30(42)38-50(44,45)20-8-9-20)35-26(40)23-12-19(48-27-21-10-7-18(32)11-22(21)24(46-4)14-33-27)15-39(23)29(41)16(3)34-25-28(47-6-2)37-49(43)36-25/h5,7,10-11,14,16-17,19-20,23H,1,6,8-9,12-13,15H2,2-4H3,(H,34,36)(H,35,40)(H,38,42)/t16?,17-,19-,23+,31-,49?/m1/s1. The second kappa shape index (κ2) is 13.8. The Balaban J connectivity index is 1.26. The largest absolute Gasteiger partial charge is 0.494 e. The van der Waals surface area contributed by atoms with Gasteiger partial charge in [-0.05, 0) is 51.3 Å². The minimum Gasteiger partial charge on any atom is -0.494 e. The number of nitrogens with zero attached hydrogens (tertiary/aromatic N) is 4. The number of benzene rings is 1. The van der Waals surface area contributed by atoms with Crippen LogP contribution < -0.4 is 24.8 Å². The minimum absolute atomic E-state index is 0.000526. The molecule has 2 unspecified atom stereocenters. The van der Waals surface area contributed by atoms with Crippen LogP contribution in [-0.4, -0.2) is 101 Å². The molecule has 0 spiro atoms. The lowest BCUT2D eigenvalue weighted by atomic mass is 10.1. The fourth-order valence-electron chi connectivity index (χ4n) is 6.06. The van der Waals surface area contributed by atoms with Crippen molar-refractivity contribution in [3.8, 4) is 11.6 Å². The summed E-state index contributed by atoms with van der Waals surface area (Å²) in [6, 6.07) is 2.95.